The van der Waals surface area contributed by atoms with E-state index in [2.05, 4.69) is 35.8 Å². The van der Waals surface area contributed by atoms with Gasteiger partial charge in [0.1, 0.15) is 11.4 Å². The molecule has 1 aromatic carbocycles. The lowest BCUT2D eigenvalue weighted by Crippen LogP contribution is -2.35. The number of anilines is 1. The second-order valence-electron chi connectivity index (χ2n) is 5.30. The second-order valence-corrected chi connectivity index (χ2v) is 5.30. The zero-order chi connectivity index (χ0) is 11.7. The molecule has 3 rings (SSSR count). The first-order valence-corrected chi connectivity index (χ1v) is 6.52. The van der Waals surface area contributed by atoms with Crippen LogP contribution in [0, 0.1) is 0 Å². The summed E-state index contributed by atoms with van der Waals surface area (Å²) >= 11 is 0. The first-order chi connectivity index (χ1) is 8.27. The third-order valence-electron chi connectivity index (χ3n) is 3.72. The molecule has 0 spiro atoms. The van der Waals surface area contributed by atoms with Gasteiger partial charge in [0, 0.05) is 19.5 Å². The predicted octanol–water partition coefficient (Wildman–Crippen LogP) is 2.18. The number of benzene rings is 1. The number of hydrogen-bond acceptors (Lipinski definition) is 3. The van der Waals surface area contributed by atoms with Crippen molar-refractivity contribution in [1.82, 2.24) is 5.32 Å². The standard InChI is InChI=1S/C14H20N2O/c1-14(7-9-15-10-14)17-12-6-2-4-11-5-3-8-16-13(11)12/h2,4,6,15-16H,3,5,7-10H2,1H3. The maximum atomic E-state index is 6.24. The average Bonchev–Trinajstić information content (AvgIpc) is 2.76. The van der Waals surface area contributed by atoms with Crippen molar-refractivity contribution >= 4 is 5.69 Å². The first kappa shape index (κ1) is 10.9. The summed E-state index contributed by atoms with van der Waals surface area (Å²) < 4.78 is 6.24. The minimum Gasteiger partial charge on any atom is -0.484 e. The van der Waals surface area contributed by atoms with Crippen LogP contribution in [0.4, 0.5) is 5.69 Å². The van der Waals surface area contributed by atoms with Gasteiger partial charge in [-0.25, -0.2) is 0 Å². The van der Waals surface area contributed by atoms with Gasteiger partial charge >= 0.3 is 0 Å². The first-order valence-electron chi connectivity index (χ1n) is 6.52. The SMILES string of the molecule is CC1(Oc2cccc3c2NCCC3)CCNC1. The predicted molar refractivity (Wildman–Crippen MR) is 69.8 cm³/mol. The van der Waals surface area contributed by atoms with Gasteiger partial charge in [-0.15, -0.1) is 0 Å². The molecule has 2 N–H and O–H groups in total. The summed E-state index contributed by atoms with van der Waals surface area (Å²) in [6.07, 6.45) is 3.46. The molecule has 2 aliphatic heterocycles. The van der Waals surface area contributed by atoms with Gasteiger partial charge in [0.2, 0.25) is 0 Å². The third kappa shape index (κ3) is 2.12. The number of fused-ring (bicyclic) bond motifs is 1. The largest absolute Gasteiger partial charge is 0.484 e. The van der Waals surface area contributed by atoms with Crippen LogP contribution in [-0.2, 0) is 6.42 Å². The molecular weight excluding hydrogens is 212 g/mol. The van der Waals surface area contributed by atoms with E-state index in [0.29, 0.717) is 0 Å². The number of ether oxygens (including phenoxy) is 1. The van der Waals surface area contributed by atoms with Crippen LogP contribution in [0.25, 0.3) is 0 Å². The van der Waals surface area contributed by atoms with E-state index in [1.165, 1.54) is 17.7 Å². The van der Waals surface area contributed by atoms with Crippen molar-refractivity contribution in [2.75, 3.05) is 25.0 Å². The van der Waals surface area contributed by atoms with E-state index in [9.17, 15) is 0 Å². The molecule has 1 atom stereocenters. The highest BCUT2D eigenvalue weighted by Gasteiger charge is 2.31. The molecular formula is C14H20N2O. The van der Waals surface area contributed by atoms with Crippen LogP contribution in [0.3, 0.4) is 0 Å². The molecule has 17 heavy (non-hydrogen) atoms. The zero-order valence-electron chi connectivity index (χ0n) is 10.4. The van der Waals surface area contributed by atoms with Gasteiger partial charge in [-0.1, -0.05) is 12.1 Å². The van der Waals surface area contributed by atoms with Crippen molar-refractivity contribution in [3.05, 3.63) is 23.8 Å². The van der Waals surface area contributed by atoms with Crippen LogP contribution in [0.5, 0.6) is 5.75 Å². The number of rotatable bonds is 2. The van der Waals surface area contributed by atoms with E-state index < -0.39 is 0 Å². The van der Waals surface area contributed by atoms with Gasteiger partial charge in [-0.2, -0.15) is 0 Å². The van der Waals surface area contributed by atoms with E-state index in [-0.39, 0.29) is 5.60 Å². The molecule has 3 heteroatoms. The molecule has 1 unspecified atom stereocenters. The molecule has 1 aromatic rings. The second kappa shape index (κ2) is 4.22. The Labute approximate surface area is 103 Å². The molecule has 92 valence electrons. The number of nitrogens with one attached hydrogen (secondary N) is 2. The normalized spacial score (nSPS) is 27.4. The summed E-state index contributed by atoms with van der Waals surface area (Å²) in [5.41, 5.74) is 2.56. The Balaban J connectivity index is 1.87. The van der Waals surface area contributed by atoms with Gasteiger partial charge in [0.05, 0.1) is 5.69 Å². The molecule has 1 saturated heterocycles. The van der Waals surface area contributed by atoms with Crippen LogP contribution in [0.2, 0.25) is 0 Å². The Morgan fingerprint density at radius 2 is 2.24 bits per heavy atom. The Bertz CT molecular complexity index is 411. The van der Waals surface area contributed by atoms with E-state index in [0.717, 1.165) is 38.2 Å². The highest BCUT2D eigenvalue weighted by Crippen LogP contribution is 2.35. The van der Waals surface area contributed by atoms with E-state index in [1.54, 1.807) is 0 Å². The summed E-state index contributed by atoms with van der Waals surface area (Å²) in [6.45, 7) is 5.24. The van der Waals surface area contributed by atoms with Gasteiger partial charge in [0.15, 0.2) is 0 Å². The summed E-state index contributed by atoms with van der Waals surface area (Å²) in [5.74, 6) is 1.02. The number of hydrogen-bond donors (Lipinski definition) is 2. The van der Waals surface area contributed by atoms with Crippen molar-refractivity contribution in [3.8, 4) is 5.75 Å². The van der Waals surface area contributed by atoms with Crippen molar-refractivity contribution < 1.29 is 4.74 Å². The number of para-hydroxylation sites is 1. The Hall–Kier alpha value is -1.22. The Morgan fingerprint density at radius 1 is 1.29 bits per heavy atom. The van der Waals surface area contributed by atoms with Crippen LogP contribution < -0.4 is 15.4 Å². The van der Waals surface area contributed by atoms with Crippen molar-refractivity contribution in [2.24, 2.45) is 0 Å². The lowest BCUT2D eigenvalue weighted by molar-refractivity contribution is 0.112. The molecule has 3 nitrogen and oxygen atoms in total. The van der Waals surface area contributed by atoms with Crippen LogP contribution in [0.1, 0.15) is 25.3 Å². The molecule has 2 aliphatic rings. The zero-order valence-corrected chi connectivity index (χ0v) is 10.4. The molecule has 0 bridgehead atoms. The maximum absolute atomic E-state index is 6.24. The fraction of sp³-hybridized carbons (Fsp3) is 0.571. The van der Waals surface area contributed by atoms with Gasteiger partial charge in [0.25, 0.3) is 0 Å². The van der Waals surface area contributed by atoms with Gasteiger partial charge in [-0.3, -0.25) is 0 Å². The van der Waals surface area contributed by atoms with Gasteiger partial charge in [-0.05, 0) is 37.9 Å². The van der Waals surface area contributed by atoms with Crippen LogP contribution in [0.15, 0.2) is 18.2 Å². The summed E-state index contributed by atoms with van der Waals surface area (Å²) in [5, 5.41) is 6.84. The van der Waals surface area contributed by atoms with E-state index in [1.807, 2.05) is 0 Å². The molecule has 0 radical (unpaired) electrons. The number of aryl methyl sites for hydroxylation is 1. The molecule has 0 amide bonds. The fourth-order valence-corrected chi connectivity index (χ4v) is 2.71. The highest BCUT2D eigenvalue weighted by atomic mass is 16.5. The topological polar surface area (TPSA) is 33.3 Å². The quantitative estimate of drug-likeness (QED) is 0.820. The van der Waals surface area contributed by atoms with Crippen LogP contribution in [-0.4, -0.2) is 25.2 Å². The van der Waals surface area contributed by atoms with Gasteiger partial charge < -0.3 is 15.4 Å². The van der Waals surface area contributed by atoms with E-state index >= 15 is 0 Å². The maximum Gasteiger partial charge on any atom is 0.143 e. The highest BCUT2D eigenvalue weighted by molar-refractivity contribution is 5.63. The fourth-order valence-electron chi connectivity index (χ4n) is 2.71. The molecule has 1 fully saturated rings. The lowest BCUT2D eigenvalue weighted by atomic mass is 10.0. The smallest absolute Gasteiger partial charge is 0.143 e. The monoisotopic (exact) mass is 232 g/mol. The van der Waals surface area contributed by atoms with Crippen molar-refractivity contribution in [1.29, 1.82) is 0 Å². The third-order valence-corrected chi connectivity index (χ3v) is 3.72. The van der Waals surface area contributed by atoms with Crippen molar-refractivity contribution in [2.45, 2.75) is 31.8 Å². The molecule has 0 aliphatic carbocycles. The Morgan fingerprint density at radius 3 is 3.06 bits per heavy atom. The minimum atomic E-state index is -0.0474. The van der Waals surface area contributed by atoms with Crippen LogP contribution >= 0.6 is 0 Å². The minimum absolute atomic E-state index is 0.0474. The van der Waals surface area contributed by atoms with E-state index in [4.69, 9.17) is 4.74 Å². The Kier molecular flexibility index (Phi) is 2.71. The lowest BCUT2D eigenvalue weighted by Gasteiger charge is -2.28. The van der Waals surface area contributed by atoms with Crippen molar-refractivity contribution in [3.63, 3.8) is 0 Å². The molecule has 2 heterocycles. The summed E-state index contributed by atoms with van der Waals surface area (Å²) in [4.78, 5) is 0. The molecule has 0 aromatic heterocycles. The average molecular weight is 232 g/mol. The summed E-state index contributed by atoms with van der Waals surface area (Å²) in [6, 6.07) is 6.39. The summed E-state index contributed by atoms with van der Waals surface area (Å²) in [7, 11) is 0. The molecule has 0 saturated carbocycles.